The number of benzene rings is 1. The Morgan fingerprint density at radius 1 is 1.38 bits per heavy atom. The summed E-state index contributed by atoms with van der Waals surface area (Å²) in [6.45, 7) is 0. The minimum Gasteiger partial charge on any atom is -0.347 e. The van der Waals surface area contributed by atoms with Crippen LogP contribution in [-0.4, -0.2) is 43.9 Å². The van der Waals surface area contributed by atoms with Crippen molar-refractivity contribution < 1.29 is 22.5 Å². The standard InChI is InChI=1S/C14H15FN2O3S/c1-17(11-4-5-21(19,20)8-11)14(18)13-7-9-6-10(15)2-3-12(9)16-13/h2-3,6-7,11,16H,4-5,8H2,1H3/p+1/t11-/m1/s1. The van der Waals surface area contributed by atoms with Crippen molar-refractivity contribution in [2.45, 2.75) is 12.5 Å². The lowest BCUT2D eigenvalue weighted by atomic mass is 10.2. The first-order valence-electron chi connectivity index (χ1n) is 6.72. The van der Waals surface area contributed by atoms with E-state index < -0.39 is 9.84 Å². The average Bonchev–Trinajstić information content (AvgIpc) is 2.99. The van der Waals surface area contributed by atoms with Gasteiger partial charge in [-0.2, -0.15) is 0 Å². The molecule has 0 radical (unpaired) electrons. The summed E-state index contributed by atoms with van der Waals surface area (Å²) in [5, 5.41) is 0.630. The molecule has 0 saturated carbocycles. The Kier molecular flexibility index (Phi) is 3.33. The number of hydrogen-bond acceptors (Lipinski definition) is 3. The van der Waals surface area contributed by atoms with Crippen molar-refractivity contribution in [1.82, 2.24) is 4.98 Å². The van der Waals surface area contributed by atoms with Crippen LogP contribution >= 0.6 is 0 Å². The molecule has 1 amide bonds. The summed E-state index contributed by atoms with van der Waals surface area (Å²) in [5.41, 5.74) is 1.06. The van der Waals surface area contributed by atoms with Crippen LogP contribution in [0.5, 0.6) is 0 Å². The number of sulfone groups is 1. The number of fused-ring (bicyclic) bond motifs is 1. The van der Waals surface area contributed by atoms with Crippen LogP contribution in [-0.2, 0) is 9.84 Å². The van der Waals surface area contributed by atoms with Gasteiger partial charge in [0.05, 0.1) is 12.8 Å². The van der Waals surface area contributed by atoms with Crippen molar-refractivity contribution in [2.24, 2.45) is 0 Å². The average molecular weight is 311 g/mol. The lowest BCUT2D eigenvalue weighted by Gasteiger charge is -2.16. The fourth-order valence-electron chi connectivity index (χ4n) is 2.76. The van der Waals surface area contributed by atoms with Crippen LogP contribution in [0.4, 0.5) is 4.39 Å². The molecule has 1 aromatic heterocycles. The molecule has 1 aliphatic heterocycles. The maximum atomic E-state index is 13.2. The second kappa shape index (κ2) is 4.92. The number of quaternary nitrogens is 1. The number of amides is 1. The Hall–Kier alpha value is -1.73. The van der Waals surface area contributed by atoms with Gasteiger partial charge in [-0.15, -0.1) is 0 Å². The molecule has 2 atom stereocenters. The molecule has 2 N–H and O–H groups in total. The Morgan fingerprint density at radius 3 is 2.81 bits per heavy atom. The molecular formula is C14H16FN2O3S+. The number of halogens is 1. The normalized spacial score (nSPS) is 22.5. The summed E-state index contributed by atoms with van der Waals surface area (Å²) in [6.07, 6.45) is 0.495. The lowest BCUT2D eigenvalue weighted by Crippen LogP contribution is -3.15. The van der Waals surface area contributed by atoms with Gasteiger partial charge in [0.1, 0.15) is 23.3 Å². The summed E-state index contributed by atoms with van der Waals surface area (Å²) in [7, 11) is -1.34. The molecular weight excluding hydrogens is 295 g/mol. The van der Waals surface area contributed by atoms with Gasteiger partial charge in [-0.1, -0.05) is 0 Å². The molecule has 1 saturated heterocycles. The van der Waals surface area contributed by atoms with E-state index in [9.17, 15) is 17.6 Å². The lowest BCUT2D eigenvalue weighted by molar-refractivity contribution is -0.817. The number of H-pyrrole nitrogens is 1. The SMILES string of the molecule is C[NH+](C(=O)c1cc2cc(F)ccc2[nH]1)[C@@H]1CCS(=O)(=O)C1. The highest BCUT2D eigenvalue weighted by molar-refractivity contribution is 7.91. The number of carbonyl (C=O) groups excluding carboxylic acids is 1. The van der Waals surface area contributed by atoms with Gasteiger partial charge in [0.2, 0.25) is 0 Å². The van der Waals surface area contributed by atoms with Crippen LogP contribution in [0.2, 0.25) is 0 Å². The summed E-state index contributed by atoms with van der Waals surface area (Å²) < 4.78 is 36.2. The molecule has 5 nitrogen and oxygen atoms in total. The van der Waals surface area contributed by atoms with Crippen LogP contribution in [0.3, 0.4) is 0 Å². The summed E-state index contributed by atoms with van der Waals surface area (Å²) >= 11 is 0. The van der Waals surface area contributed by atoms with Gasteiger partial charge >= 0.3 is 5.91 Å². The largest absolute Gasteiger partial charge is 0.360 e. The first-order valence-corrected chi connectivity index (χ1v) is 8.55. The van der Waals surface area contributed by atoms with Crippen LogP contribution < -0.4 is 4.90 Å². The molecule has 112 valence electrons. The molecule has 1 aromatic carbocycles. The molecule has 1 unspecified atom stereocenters. The fraction of sp³-hybridized carbons (Fsp3) is 0.357. The Bertz CT molecular complexity index is 813. The predicted molar refractivity (Wildman–Crippen MR) is 76.5 cm³/mol. The maximum absolute atomic E-state index is 13.2. The zero-order valence-corrected chi connectivity index (χ0v) is 12.3. The van der Waals surface area contributed by atoms with Crippen LogP contribution in [0.15, 0.2) is 24.3 Å². The Labute approximate surface area is 121 Å². The van der Waals surface area contributed by atoms with Crippen molar-refractivity contribution in [3.63, 3.8) is 0 Å². The molecule has 1 fully saturated rings. The predicted octanol–water partition coefficient (Wildman–Crippen LogP) is 0.149. The minimum atomic E-state index is -3.02. The smallest absolute Gasteiger partial charge is 0.347 e. The highest BCUT2D eigenvalue weighted by atomic mass is 32.2. The maximum Gasteiger partial charge on any atom is 0.360 e. The molecule has 3 rings (SSSR count). The Morgan fingerprint density at radius 2 is 2.14 bits per heavy atom. The third-order valence-corrected chi connectivity index (χ3v) is 5.80. The van der Waals surface area contributed by atoms with E-state index in [-0.39, 0.29) is 29.3 Å². The number of carbonyl (C=O) groups is 1. The minimum absolute atomic E-state index is 0.0411. The highest BCUT2D eigenvalue weighted by Crippen LogP contribution is 2.16. The van der Waals surface area contributed by atoms with Crippen molar-refractivity contribution in [3.05, 3.63) is 35.8 Å². The second-order valence-corrected chi connectivity index (χ2v) is 7.76. The third kappa shape index (κ3) is 2.71. The van der Waals surface area contributed by atoms with Crippen molar-refractivity contribution in [1.29, 1.82) is 0 Å². The van der Waals surface area contributed by atoms with Crippen LogP contribution in [0, 0.1) is 5.82 Å². The molecule has 0 aliphatic carbocycles. The third-order valence-electron chi connectivity index (χ3n) is 4.03. The number of nitrogens with one attached hydrogen (secondary N) is 2. The van der Waals surface area contributed by atoms with Crippen molar-refractivity contribution in [2.75, 3.05) is 18.6 Å². The molecule has 0 spiro atoms. The van der Waals surface area contributed by atoms with E-state index in [2.05, 4.69) is 4.98 Å². The molecule has 2 heterocycles. The van der Waals surface area contributed by atoms with Gasteiger partial charge in [-0.3, -0.25) is 4.90 Å². The van der Waals surface area contributed by atoms with E-state index in [1.807, 2.05) is 0 Å². The van der Waals surface area contributed by atoms with Crippen LogP contribution in [0.1, 0.15) is 16.9 Å². The number of aromatic nitrogens is 1. The monoisotopic (exact) mass is 311 g/mol. The summed E-state index contributed by atoms with van der Waals surface area (Å²) in [6, 6.07) is 5.65. The number of aromatic amines is 1. The zero-order valence-electron chi connectivity index (χ0n) is 11.5. The molecule has 7 heteroatoms. The van der Waals surface area contributed by atoms with Gasteiger partial charge in [0.25, 0.3) is 0 Å². The Balaban J connectivity index is 1.86. The van der Waals surface area contributed by atoms with Crippen LogP contribution in [0.25, 0.3) is 10.9 Å². The first kappa shape index (κ1) is 14.2. The molecule has 21 heavy (non-hydrogen) atoms. The van der Waals surface area contributed by atoms with E-state index in [0.29, 0.717) is 27.9 Å². The number of rotatable bonds is 2. The van der Waals surface area contributed by atoms with E-state index in [1.54, 1.807) is 19.2 Å². The van der Waals surface area contributed by atoms with Gasteiger partial charge in [-0.05, 0) is 24.3 Å². The molecule has 2 aromatic rings. The first-order chi connectivity index (χ1) is 9.85. The summed E-state index contributed by atoms with van der Waals surface area (Å²) in [5.74, 6) is -0.378. The zero-order chi connectivity index (χ0) is 15.2. The van der Waals surface area contributed by atoms with Gasteiger partial charge in [0, 0.05) is 17.3 Å². The van der Waals surface area contributed by atoms with Crippen molar-refractivity contribution in [3.8, 4) is 0 Å². The molecule has 1 aliphatic rings. The van der Waals surface area contributed by atoms with E-state index in [1.165, 1.54) is 12.1 Å². The van der Waals surface area contributed by atoms with Crippen molar-refractivity contribution >= 4 is 26.6 Å². The second-order valence-electron chi connectivity index (χ2n) is 5.53. The van der Waals surface area contributed by atoms with Gasteiger partial charge < -0.3 is 4.98 Å². The summed E-state index contributed by atoms with van der Waals surface area (Å²) in [4.78, 5) is 15.9. The molecule has 0 bridgehead atoms. The topological polar surface area (TPSA) is 71.4 Å². The van der Waals surface area contributed by atoms with E-state index >= 15 is 0 Å². The highest BCUT2D eigenvalue weighted by Gasteiger charge is 2.37. The van der Waals surface area contributed by atoms with E-state index in [4.69, 9.17) is 0 Å². The van der Waals surface area contributed by atoms with Gasteiger partial charge in [0.15, 0.2) is 9.84 Å². The van der Waals surface area contributed by atoms with E-state index in [0.717, 1.165) is 0 Å². The van der Waals surface area contributed by atoms with Gasteiger partial charge in [-0.25, -0.2) is 17.6 Å². The fourth-order valence-corrected chi connectivity index (χ4v) is 4.60. The number of hydrogen-bond donors (Lipinski definition) is 2. The quantitative estimate of drug-likeness (QED) is 0.829.